The van der Waals surface area contributed by atoms with Gasteiger partial charge < -0.3 is 5.32 Å². The van der Waals surface area contributed by atoms with Gasteiger partial charge in [-0.05, 0) is 52.1 Å². The van der Waals surface area contributed by atoms with E-state index in [2.05, 4.69) is 42.1 Å². The van der Waals surface area contributed by atoms with E-state index in [-0.39, 0.29) is 5.83 Å². The maximum atomic E-state index is 12.3. The number of allylic oxidation sites excluding steroid dienone is 5. The largest absolute Gasteiger partial charge is 0.358 e. The van der Waals surface area contributed by atoms with Crippen molar-refractivity contribution >= 4 is 12.4 Å². The van der Waals surface area contributed by atoms with Crippen LogP contribution in [0.5, 0.6) is 0 Å². The van der Waals surface area contributed by atoms with E-state index in [1.54, 1.807) is 18.5 Å². The summed E-state index contributed by atoms with van der Waals surface area (Å²) in [5, 5.41) is 3.13. The van der Waals surface area contributed by atoms with Crippen molar-refractivity contribution in [2.24, 2.45) is 4.99 Å². The molecule has 126 valence electrons. The topological polar surface area (TPSA) is 37.3 Å². The number of anilines is 1. The zero-order valence-electron chi connectivity index (χ0n) is 14.6. The zero-order valence-corrected chi connectivity index (χ0v) is 14.6. The molecule has 4 heteroatoms. The van der Waals surface area contributed by atoms with Gasteiger partial charge in [-0.25, -0.2) is 4.39 Å². The summed E-state index contributed by atoms with van der Waals surface area (Å²) >= 11 is 0. The van der Waals surface area contributed by atoms with Crippen LogP contribution in [0.4, 0.5) is 10.1 Å². The van der Waals surface area contributed by atoms with Gasteiger partial charge in [0.15, 0.2) is 0 Å². The maximum Gasteiger partial charge on any atom is 0.141 e. The predicted molar refractivity (Wildman–Crippen MR) is 101 cm³/mol. The molecule has 0 spiro atoms. The summed E-state index contributed by atoms with van der Waals surface area (Å²) in [5.74, 6) is -0.356. The second kappa shape index (κ2) is 15.9. The number of hydrogen-bond donors (Lipinski definition) is 1. The lowest BCUT2D eigenvalue weighted by atomic mass is 10.3. The van der Waals surface area contributed by atoms with Gasteiger partial charge in [0.05, 0.1) is 18.1 Å². The molecule has 0 atom stereocenters. The van der Waals surface area contributed by atoms with Crippen molar-refractivity contribution in [1.29, 1.82) is 0 Å². The molecule has 0 fully saturated rings. The molecule has 1 rings (SSSR count). The minimum Gasteiger partial charge on any atom is -0.358 e. The van der Waals surface area contributed by atoms with Crippen LogP contribution in [0.1, 0.15) is 34.1 Å². The Bertz CT molecular complexity index is 513. The van der Waals surface area contributed by atoms with Gasteiger partial charge in [0, 0.05) is 11.9 Å². The molecular weight excluding hydrogens is 289 g/mol. The first-order valence-electron chi connectivity index (χ1n) is 7.29. The van der Waals surface area contributed by atoms with E-state index in [9.17, 15) is 4.39 Å². The Labute approximate surface area is 140 Å². The highest BCUT2D eigenvalue weighted by molar-refractivity contribution is 5.44. The molecule has 0 aliphatic heterocycles. The average molecular weight is 317 g/mol. The van der Waals surface area contributed by atoms with E-state index in [0.29, 0.717) is 0 Å². The summed E-state index contributed by atoms with van der Waals surface area (Å²) in [4.78, 5) is 7.23. The number of pyridine rings is 1. The summed E-state index contributed by atoms with van der Waals surface area (Å²) in [6.45, 7) is 17.9. The van der Waals surface area contributed by atoms with Crippen LogP contribution in [0.15, 0.2) is 78.1 Å². The lowest BCUT2D eigenvalue weighted by molar-refractivity contribution is 0.662. The zero-order chi connectivity index (χ0) is 18.1. The Kier molecular flexibility index (Phi) is 15.7. The van der Waals surface area contributed by atoms with Crippen LogP contribution in [0.2, 0.25) is 0 Å². The second-order valence-electron chi connectivity index (χ2n) is 4.65. The van der Waals surface area contributed by atoms with Crippen molar-refractivity contribution < 1.29 is 4.39 Å². The highest BCUT2D eigenvalue weighted by Crippen LogP contribution is 2.07. The quantitative estimate of drug-likeness (QED) is 0.406. The molecule has 0 bridgehead atoms. The van der Waals surface area contributed by atoms with Crippen molar-refractivity contribution in [2.75, 3.05) is 5.32 Å². The van der Waals surface area contributed by atoms with E-state index >= 15 is 0 Å². The van der Waals surface area contributed by atoms with Gasteiger partial charge in [-0.15, -0.1) is 6.58 Å². The molecule has 0 radical (unpaired) electrons. The Morgan fingerprint density at radius 3 is 2.43 bits per heavy atom. The Morgan fingerprint density at radius 1 is 1.43 bits per heavy atom. The van der Waals surface area contributed by atoms with Gasteiger partial charge >= 0.3 is 0 Å². The number of aliphatic imine (C=N–C) groups is 1. The number of nitrogens with one attached hydrogen (secondary N) is 1. The van der Waals surface area contributed by atoms with Crippen LogP contribution in [0.25, 0.3) is 0 Å². The van der Waals surface area contributed by atoms with Gasteiger partial charge in [-0.1, -0.05) is 25.2 Å². The number of aromatic nitrogens is 1. The van der Waals surface area contributed by atoms with E-state index < -0.39 is 0 Å². The molecule has 0 saturated carbocycles. The SMILES string of the molecule is C=C(CC)Nc1cccnc1.C=CC.C=N/C=C(/F)C=C(C)C. The Balaban J connectivity index is 0. The molecule has 0 saturated heterocycles. The van der Waals surface area contributed by atoms with E-state index in [1.807, 2.05) is 32.9 Å². The summed E-state index contributed by atoms with van der Waals surface area (Å²) in [5.41, 5.74) is 2.92. The Morgan fingerprint density at radius 2 is 2.04 bits per heavy atom. The molecule has 3 nitrogen and oxygen atoms in total. The van der Waals surface area contributed by atoms with Gasteiger partial charge in [-0.2, -0.15) is 0 Å². The van der Waals surface area contributed by atoms with Gasteiger partial charge in [0.1, 0.15) is 5.83 Å². The van der Waals surface area contributed by atoms with E-state index in [0.717, 1.165) is 29.6 Å². The van der Waals surface area contributed by atoms with Crippen molar-refractivity contribution in [1.82, 2.24) is 4.98 Å². The summed E-state index contributed by atoms with van der Waals surface area (Å²) in [7, 11) is 0. The van der Waals surface area contributed by atoms with E-state index in [4.69, 9.17) is 0 Å². The van der Waals surface area contributed by atoms with Crippen molar-refractivity contribution in [3.05, 3.63) is 73.1 Å². The first kappa shape index (κ1) is 22.8. The molecule has 1 aromatic heterocycles. The number of rotatable bonds is 5. The second-order valence-corrected chi connectivity index (χ2v) is 4.65. The molecule has 0 aromatic carbocycles. The molecule has 1 aromatic rings. The first-order chi connectivity index (χ1) is 10.9. The molecule has 0 unspecified atom stereocenters. The van der Waals surface area contributed by atoms with Crippen LogP contribution in [0.3, 0.4) is 0 Å². The van der Waals surface area contributed by atoms with Crippen LogP contribution >= 0.6 is 0 Å². The normalized spacial score (nSPS) is 9.17. The third kappa shape index (κ3) is 17.5. The molecular formula is C19H28FN3. The summed E-state index contributed by atoms with van der Waals surface area (Å²) < 4.78 is 12.3. The monoisotopic (exact) mass is 317 g/mol. The van der Waals surface area contributed by atoms with Gasteiger partial charge in [0.2, 0.25) is 0 Å². The van der Waals surface area contributed by atoms with Crippen molar-refractivity contribution in [3.63, 3.8) is 0 Å². The third-order valence-electron chi connectivity index (χ3n) is 2.05. The summed E-state index contributed by atoms with van der Waals surface area (Å²) in [6, 6.07) is 3.86. The smallest absolute Gasteiger partial charge is 0.141 e. The molecule has 1 N–H and O–H groups in total. The third-order valence-corrected chi connectivity index (χ3v) is 2.05. The van der Waals surface area contributed by atoms with Crippen molar-refractivity contribution in [3.8, 4) is 0 Å². The highest BCUT2D eigenvalue weighted by Gasteiger charge is 1.90. The molecule has 0 aliphatic rings. The minimum atomic E-state index is -0.356. The number of halogens is 1. The van der Waals surface area contributed by atoms with Crippen LogP contribution in [0, 0.1) is 0 Å². The fourth-order valence-electron chi connectivity index (χ4n) is 1.13. The fraction of sp³-hybridized carbons (Fsp3) is 0.263. The molecule has 0 amide bonds. The minimum absolute atomic E-state index is 0.356. The first-order valence-corrected chi connectivity index (χ1v) is 7.29. The number of hydrogen-bond acceptors (Lipinski definition) is 3. The maximum absolute atomic E-state index is 12.3. The van der Waals surface area contributed by atoms with Crippen molar-refractivity contribution in [2.45, 2.75) is 34.1 Å². The lowest BCUT2D eigenvalue weighted by Gasteiger charge is -2.05. The van der Waals surface area contributed by atoms with Gasteiger partial charge in [-0.3, -0.25) is 9.98 Å². The highest BCUT2D eigenvalue weighted by atomic mass is 19.1. The number of nitrogens with zero attached hydrogens (tertiary/aromatic N) is 2. The van der Waals surface area contributed by atoms with E-state index in [1.165, 1.54) is 6.08 Å². The van der Waals surface area contributed by atoms with Gasteiger partial charge in [0.25, 0.3) is 0 Å². The van der Waals surface area contributed by atoms with Crippen LogP contribution < -0.4 is 5.32 Å². The standard InChI is InChI=1S/C9H12N2.C7H10FN.C3H6/c1-3-8(2)11-9-5-4-6-10-7-9;1-6(2)4-7(8)5-9-3;1-3-2/h4-7,11H,2-3H2,1H3;4-5H,3H2,1-2H3;3H,1H2,2H3/b;7-5+;. The molecule has 1 heterocycles. The molecule has 0 aliphatic carbocycles. The predicted octanol–water partition coefficient (Wildman–Crippen LogP) is 6.07. The van der Waals surface area contributed by atoms with Crippen LogP contribution in [-0.2, 0) is 0 Å². The lowest BCUT2D eigenvalue weighted by Crippen LogP contribution is -1.95. The van der Waals surface area contributed by atoms with Crippen LogP contribution in [-0.4, -0.2) is 11.7 Å². The summed E-state index contributed by atoms with van der Waals surface area (Å²) in [6.07, 6.45) is 8.69. The fourth-order valence-corrected chi connectivity index (χ4v) is 1.13. The average Bonchev–Trinajstić information content (AvgIpc) is 2.49. The molecule has 23 heavy (non-hydrogen) atoms. The Hall–Kier alpha value is -2.49.